The molecule has 0 aliphatic heterocycles. The first-order chi connectivity index (χ1) is 16.7. The molecule has 0 saturated carbocycles. The summed E-state index contributed by atoms with van der Waals surface area (Å²) in [7, 11) is 0. The van der Waals surface area contributed by atoms with Crippen LogP contribution >= 0.6 is 0 Å². The van der Waals surface area contributed by atoms with Gasteiger partial charge in [-0.05, 0) is 41.8 Å². The van der Waals surface area contributed by atoms with Crippen LogP contribution in [0.4, 0.5) is 5.82 Å². The minimum atomic E-state index is 0.0366. The summed E-state index contributed by atoms with van der Waals surface area (Å²) >= 11 is 0. The number of hydrogen-bond donors (Lipinski definition) is 3. The second-order valence-corrected chi connectivity index (χ2v) is 8.99. The van der Waals surface area contributed by atoms with E-state index in [1.165, 1.54) is 22.0 Å². The average Bonchev–Trinajstić information content (AvgIpc) is 3.21. The van der Waals surface area contributed by atoms with Gasteiger partial charge in [0, 0.05) is 48.2 Å². The molecule has 0 bridgehead atoms. The fraction of sp³-hybridized carbons (Fsp3) is 0.207. The Morgan fingerprint density at radius 1 is 0.882 bits per heavy atom. The second kappa shape index (κ2) is 9.98. The number of aromatic amines is 1. The lowest BCUT2D eigenvalue weighted by Gasteiger charge is -2.15. The number of anilines is 1. The molecule has 172 valence electrons. The quantitative estimate of drug-likeness (QED) is 0.283. The summed E-state index contributed by atoms with van der Waals surface area (Å²) in [4.78, 5) is 15.6. The van der Waals surface area contributed by atoms with E-state index in [2.05, 4.69) is 87.9 Å². The van der Waals surface area contributed by atoms with Gasteiger partial charge in [-0.2, -0.15) is 0 Å². The SMILES string of the molecule is CC(CNCc1cn(Cc2ccccc2)c2ccccc12)CNc1cc(=O)c2ccccc2[nH]1. The van der Waals surface area contributed by atoms with Crippen LogP contribution in [0.2, 0.25) is 0 Å². The average molecular weight is 451 g/mol. The van der Waals surface area contributed by atoms with Crippen molar-refractivity contribution >= 4 is 27.6 Å². The molecule has 0 aliphatic rings. The summed E-state index contributed by atoms with van der Waals surface area (Å²) < 4.78 is 2.34. The van der Waals surface area contributed by atoms with Crippen LogP contribution in [0.5, 0.6) is 0 Å². The minimum Gasteiger partial charge on any atom is -0.371 e. The zero-order chi connectivity index (χ0) is 23.3. The van der Waals surface area contributed by atoms with Crippen molar-refractivity contribution in [2.24, 2.45) is 5.92 Å². The van der Waals surface area contributed by atoms with Crippen molar-refractivity contribution in [3.8, 4) is 0 Å². The molecule has 2 heterocycles. The third kappa shape index (κ3) is 4.90. The lowest BCUT2D eigenvalue weighted by atomic mass is 10.1. The highest BCUT2D eigenvalue weighted by Crippen LogP contribution is 2.22. The van der Waals surface area contributed by atoms with Gasteiger partial charge in [0.2, 0.25) is 0 Å². The van der Waals surface area contributed by atoms with E-state index in [0.717, 1.165) is 37.5 Å². The molecule has 2 aromatic heterocycles. The summed E-state index contributed by atoms with van der Waals surface area (Å²) in [5.74, 6) is 1.16. The van der Waals surface area contributed by atoms with Gasteiger partial charge >= 0.3 is 0 Å². The highest BCUT2D eigenvalue weighted by molar-refractivity contribution is 5.84. The molecule has 0 saturated heterocycles. The Kier molecular flexibility index (Phi) is 6.45. The van der Waals surface area contributed by atoms with E-state index in [9.17, 15) is 4.79 Å². The number of nitrogens with one attached hydrogen (secondary N) is 3. The fourth-order valence-corrected chi connectivity index (χ4v) is 4.48. The van der Waals surface area contributed by atoms with Gasteiger partial charge in [0.15, 0.2) is 5.43 Å². The Morgan fingerprint density at radius 3 is 2.47 bits per heavy atom. The smallest absolute Gasteiger partial charge is 0.191 e. The lowest BCUT2D eigenvalue weighted by Crippen LogP contribution is -2.26. The molecule has 0 amide bonds. The van der Waals surface area contributed by atoms with Crippen LogP contribution < -0.4 is 16.1 Å². The number of pyridine rings is 1. The Morgan fingerprint density at radius 2 is 1.62 bits per heavy atom. The second-order valence-electron chi connectivity index (χ2n) is 8.99. The molecule has 34 heavy (non-hydrogen) atoms. The number of rotatable bonds is 9. The zero-order valence-corrected chi connectivity index (χ0v) is 19.4. The standard InChI is InChI=1S/C29H30N4O/c1-21(17-31-29-15-28(34)25-12-5-7-13-26(25)32-29)16-30-18-23-20-33(19-22-9-3-2-4-10-22)27-14-8-6-11-24(23)27/h2-15,20-21,30H,16-19H2,1H3,(H2,31,32,34). The van der Waals surface area contributed by atoms with Crippen LogP contribution in [0, 0.1) is 5.92 Å². The highest BCUT2D eigenvalue weighted by Gasteiger charge is 2.10. The van der Waals surface area contributed by atoms with Gasteiger partial charge in [-0.25, -0.2) is 0 Å². The first-order valence-electron chi connectivity index (χ1n) is 11.8. The summed E-state index contributed by atoms with van der Waals surface area (Å²) in [6.45, 7) is 5.54. The van der Waals surface area contributed by atoms with Crippen LogP contribution in [0.3, 0.4) is 0 Å². The van der Waals surface area contributed by atoms with Crippen LogP contribution in [-0.2, 0) is 13.1 Å². The topological polar surface area (TPSA) is 61.9 Å². The van der Waals surface area contributed by atoms with Crippen molar-refractivity contribution < 1.29 is 0 Å². The number of H-pyrrole nitrogens is 1. The van der Waals surface area contributed by atoms with Crippen LogP contribution in [0.25, 0.3) is 21.8 Å². The number of para-hydroxylation sites is 2. The molecule has 0 fully saturated rings. The molecule has 3 aromatic carbocycles. The number of hydrogen-bond acceptors (Lipinski definition) is 3. The monoisotopic (exact) mass is 450 g/mol. The van der Waals surface area contributed by atoms with Crippen LogP contribution in [0.1, 0.15) is 18.1 Å². The normalized spacial score (nSPS) is 12.3. The summed E-state index contributed by atoms with van der Waals surface area (Å²) in [5.41, 5.74) is 4.77. The van der Waals surface area contributed by atoms with Crippen molar-refractivity contribution in [1.29, 1.82) is 0 Å². The number of aromatic nitrogens is 2. The summed E-state index contributed by atoms with van der Waals surface area (Å²) in [6, 6.07) is 28.4. The fourth-order valence-electron chi connectivity index (χ4n) is 4.48. The molecule has 5 heteroatoms. The van der Waals surface area contributed by atoms with Crippen molar-refractivity contribution in [3.05, 3.63) is 112 Å². The third-order valence-electron chi connectivity index (χ3n) is 6.25. The van der Waals surface area contributed by atoms with Gasteiger partial charge in [0.05, 0.1) is 5.52 Å². The number of fused-ring (bicyclic) bond motifs is 2. The van der Waals surface area contributed by atoms with Crippen LogP contribution in [0.15, 0.2) is 95.9 Å². The molecule has 5 rings (SSSR count). The molecule has 1 unspecified atom stereocenters. The van der Waals surface area contributed by atoms with Crippen LogP contribution in [-0.4, -0.2) is 22.6 Å². The largest absolute Gasteiger partial charge is 0.371 e. The summed E-state index contributed by atoms with van der Waals surface area (Å²) in [6.07, 6.45) is 2.27. The van der Waals surface area contributed by atoms with Gasteiger partial charge in [0.1, 0.15) is 5.82 Å². The Hall–Kier alpha value is -3.83. The predicted octanol–water partition coefficient (Wildman–Crippen LogP) is 5.37. The molecule has 5 aromatic rings. The maximum Gasteiger partial charge on any atom is 0.191 e. The molecule has 3 N–H and O–H groups in total. The van der Waals surface area contributed by atoms with Crippen molar-refractivity contribution in [2.75, 3.05) is 18.4 Å². The Labute approximate surface area is 199 Å². The first kappa shape index (κ1) is 22.0. The Balaban J connectivity index is 1.19. The van der Waals surface area contributed by atoms with E-state index in [0.29, 0.717) is 11.3 Å². The third-order valence-corrected chi connectivity index (χ3v) is 6.25. The number of benzene rings is 3. The lowest BCUT2D eigenvalue weighted by molar-refractivity contribution is 0.533. The highest BCUT2D eigenvalue weighted by atomic mass is 16.1. The van der Waals surface area contributed by atoms with Crippen molar-refractivity contribution in [1.82, 2.24) is 14.9 Å². The minimum absolute atomic E-state index is 0.0366. The van der Waals surface area contributed by atoms with E-state index in [1.807, 2.05) is 24.3 Å². The van der Waals surface area contributed by atoms with Gasteiger partial charge in [-0.1, -0.05) is 67.6 Å². The van der Waals surface area contributed by atoms with E-state index in [1.54, 1.807) is 6.07 Å². The molecule has 0 spiro atoms. The zero-order valence-electron chi connectivity index (χ0n) is 19.4. The molecule has 0 radical (unpaired) electrons. The first-order valence-corrected chi connectivity index (χ1v) is 11.8. The maximum atomic E-state index is 12.3. The van der Waals surface area contributed by atoms with E-state index >= 15 is 0 Å². The van der Waals surface area contributed by atoms with Gasteiger partial charge in [0.25, 0.3) is 0 Å². The number of nitrogens with zero attached hydrogens (tertiary/aromatic N) is 1. The van der Waals surface area contributed by atoms with Gasteiger partial charge in [-0.3, -0.25) is 4.79 Å². The molecule has 1 atom stereocenters. The molecular weight excluding hydrogens is 420 g/mol. The van der Waals surface area contributed by atoms with Crippen molar-refractivity contribution in [3.63, 3.8) is 0 Å². The van der Waals surface area contributed by atoms with E-state index in [-0.39, 0.29) is 5.43 Å². The molecule has 0 aliphatic carbocycles. The Bertz CT molecular complexity index is 1450. The maximum absolute atomic E-state index is 12.3. The van der Waals surface area contributed by atoms with Crippen molar-refractivity contribution in [2.45, 2.75) is 20.0 Å². The van der Waals surface area contributed by atoms with E-state index in [4.69, 9.17) is 0 Å². The van der Waals surface area contributed by atoms with Gasteiger partial charge in [-0.15, -0.1) is 0 Å². The molecule has 5 nitrogen and oxygen atoms in total. The predicted molar refractivity (Wildman–Crippen MR) is 141 cm³/mol. The van der Waals surface area contributed by atoms with Gasteiger partial charge < -0.3 is 20.2 Å². The molecular formula is C29H30N4O. The van der Waals surface area contributed by atoms with E-state index < -0.39 is 0 Å². The summed E-state index contributed by atoms with van der Waals surface area (Å²) in [5, 5.41) is 9.02.